The Morgan fingerprint density at radius 3 is 2.43 bits per heavy atom. The fraction of sp³-hybridized carbons (Fsp3) is 0.222. The number of hydrogen-bond donors (Lipinski definition) is 1. The van der Waals surface area contributed by atoms with Gasteiger partial charge in [-0.3, -0.25) is 4.79 Å². The average Bonchev–Trinajstić information content (AvgIpc) is 3.31. The van der Waals surface area contributed by atoms with Gasteiger partial charge in [0, 0.05) is 25.8 Å². The van der Waals surface area contributed by atoms with Gasteiger partial charge in [0.2, 0.25) is 5.91 Å². The first-order valence-electron chi connectivity index (χ1n) is 11.4. The van der Waals surface area contributed by atoms with Gasteiger partial charge in [0.25, 0.3) is 0 Å². The number of hydrogen-bond acceptors (Lipinski definition) is 6. The van der Waals surface area contributed by atoms with Crippen molar-refractivity contribution in [2.24, 2.45) is 0 Å². The van der Waals surface area contributed by atoms with Crippen LogP contribution < -0.4 is 10.1 Å². The molecular weight excluding hydrogens is 460 g/mol. The van der Waals surface area contributed by atoms with E-state index in [2.05, 4.69) is 27.6 Å². The molecule has 35 heavy (non-hydrogen) atoms. The normalized spacial score (nSPS) is 10.8. The number of nitrogens with one attached hydrogen (secondary N) is 1. The predicted octanol–water partition coefficient (Wildman–Crippen LogP) is 4.58. The fourth-order valence-electron chi connectivity index (χ4n) is 3.51. The van der Waals surface area contributed by atoms with E-state index in [1.165, 1.54) is 11.8 Å². The third-order valence-electron chi connectivity index (χ3n) is 5.31. The molecule has 1 amide bonds. The van der Waals surface area contributed by atoms with E-state index in [1.54, 1.807) is 7.11 Å². The molecule has 180 valence electrons. The first-order valence-corrected chi connectivity index (χ1v) is 12.3. The first-order chi connectivity index (χ1) is 17.2. The smallest absolute Gasteiger partial charge is 0.230 e. The highest BCUT2D eigenvalue weighted by Gasteiger charge is 2.16. The lowest BCUT2D eigenvalue weighted by atomic mass is 10.1. The molecule has 8 heteroatoms. The molecule has 7 nitrogen and oxygen atoms in total. The molecule has 1 heterocycles. The van der Waals surface area contributed by atoms with Crippen LogP contribution >= 0.6 is 11.8 Å². The highest BCUT2D eigenvalue weighted by Crippen LogP contribution is 2.30. The van der Waals surface area contributed by atoms with E-state index in [1.807, 2.05) is 77.4 Å². The Hall–Kier alpha value is -3.62. The number of benzene rings is 3. The van der Waals surface area contributed by atoms with Crippen LogP contribution in [0.25, 0.3) is 11.1 Å². The molecule has 0 unspecified atom stereocenters. The Balaban J connectivity index is 1.40. The molecule has 4 rings (SSSR count). The maximum atomic E-state index is 12.4. The van der Waals surface area contributed by atoms with Gasteiger partial charge >= 0.3 is 0 Å². The molecule has 0 aliphatic heterocycles. The highest BCUT2D eigenvalue weighted by molar-refractivity contribution is 7.99. The molecule has 3 aromatic carbocycles. The standard InChI is InChI=1S/C27H28N4O3S/c1-33-17-16-31-25(19-34-24-15-9-8-14-23(24)22-12-6-3-7-13-22)29-30-27(31)35-20-26(32)28-18-21-10-4-2-5-11-21/h2-15H,16-20H2,1H3,(H,28,32). The second-order valence-corrected chi connectivity index (χ2v) is 8.69. The van der Waals surface area contributed by atoms with E-state index in [4.69, 9.17) is 9.47 Å². The monoisotopic (exact) mass is 488 g/mol. The molecule has 1 aromatic heterocycles. The molecule has 0 radical (unpaired) electrons. The zero-order valence-corrected chi connectivity index (χ0v) is 20.4. The molecule has 1 N–H and O–H groups in total. The van der Waals surface area contributed by atoms with Crippen LogP contribution in [0, 0.1) is 0 Å². The Morgan fingerprint density at radius 1 is 0.943 bits per heavy atom. The van der Waals surface area contributed by atoms with Gasteiger partial charge in [-0.15, -0.1) is 10.2 Å². The third kappa shape index (κ3) is 6.94. The Labute approximate surface area is 209 Å². The number of methoxy groups -OCH3 is 1. The van der Waals surface area contributed by atoms with Crippen molar-refractivity contribution in [1.29, 1.82) is 0 Å². The SMILES string of the molecule is COCCn1c(COc2ccccc2-c2ccccc2)nnc1SCC(=O)NCc1ccccc1. The number of amides is 1. The van der Waals surface area contributed by atoms with Gasteiger partial charge < -0.3 is 19.4 Å². The topological polar surface area (TPSA) is 78.3 Å². The fourth-order valence-corrected chi connectivity index (χ4v) is 4.32. The van der Waals surface area contributed by atoms with Crippen LogP contribution in [0.1, 0.15) is 11.4 Å². The van der Waals surface area contributed by atoms with E-state index >= 15 is 0 Å². The average molecular weight is 489 g/mol. The lowest BCUT2D eigenvalue weighted by Crippen LogP contribution is -2.24. The van der Waals surface area contributed by atoms with Crippen LogP contribution in [-0.2, 0) is 29.2 Å². The Bertz CT molecular complexity index is 1220. The molecule has 4 aromatic rings. The van der Waals surface area contributed by atoms with Gasteiger partial charge in [0.15, 0.2) is 11.0 Å². The van der Waals surface area contributed by atoms with Crippen LogP contribution in [-0.4, -0.2) is 40.1 Å². The summed E-state index contributed by atoms with van der Waals surface area (Å²) in [5.74, 6) is 1.64. The summed E-state index contributed by atoms with van der Waals surface area (Å²) in [6, 6.07) is 27.9. The number of aromatic nitrogens is 3. The number of nitrogens with zero attached hydrogens (tertiary/aromatic N) is 3. The predicted molar refractivity (Wildman–Crippen MR) is 137 cm³/mol. The van der Waals surface area contributed by atoms with E-state index in [0.717, 1.165) is 22.4 Å². The van der Waals surface area contributed by atoms with E-state index in [-0.39, 0.29) is 18.3 Å². The van der Waals surface area contributed by atoms with Crippen LogP contribution in [0.5, 0.6) is 5.75 Å². The highest BCUT2D eigenvalue weighted by atomic mass is 32.2. The Morgan fingerprint density at radius 2 is 1.66 bits per heavy atom. The van der Waals surface area contributed by atoms with E-state index < -0.39 is 0 Å². The number of ether oxygens (including phenoxy) is 2. The molecule has 0 saturated carbocycles. The van der Waals surface area contributed by atoms with Crippen molar-refractivity contribution in [1.82, 2.24) is 20.1 Å². The maximum Gasteiger partial charge on any atom is 0.230 e. The number of thioether (sulfide) groups is 1. The summed E-state index contributed by atoms with van der Waals surface area (Å²) in [7, 11) is 1.65. The quantitative estimate of drug-likeness (QED) is 0.294. The summed E-state index contributed by atoms with van der Waals surface area (Å²) < 4.78 is 13.4. The molecule has 0 aliphatic carbocycles. The van der Waals surface area contributed by atoms with Crippen LogP contribution in [0.3, 0.4) is 0 Å². The minimum absolute atomic E-state index is 0.0604. The van der Waals surface area contributed by atoms with Gasteiger partial charge in [-0.25, -0.2) is 0 Å². The first kappa shape index (κ1) is 24.5. The summed E-state index contributed by atoms with van der Waals surface area (Å²) in [5, 5.41) is 12.3. The van der Waals surface area contributed by atoms with Gasteiger partial charge in [-0.2, -0.15) is 0 Å². The maximum absolute atomic E-state index is 12.4. The molecule has 0 atom stereocenters. The summed E-state index contributed by atoms with van der Waals surface area (Å²) in [5.41, 5.74) is 3.16. The number of carbonyl (C=O) groups is 1. The van der Waals surface area contributed by atoms with Gasteiger partial charge in [-0.1, -0.05) is 90.6 Å². The van der Waals surface area contributed by atoms with Crippen LogP contribution in [0.2, 0.25) is 0 Å². The summed E-state index contributed by atoms with van der Waals surface area (Å²) in [6.45, 7) is 1.81. The van der Waals surface area contributed by atoms with Crippen molar-refractivity contribution in [3.63, 3.8) is 0 Å². The van der Waals surface area contributed by atoms with E-state index in [0.29, 0.717) is 30.7 Å². The van der Waals surface area contributed by atoms with Crippen LogP contribution in [0.15, 0.2) is 90.1 Å². The minimum Gasteiger partial charge on any atom is -0.485 e. The molecule has 0 aliphatic rings. The number of para-hydroxylation sites is 1. The van der Waals surface area contributed by atoms with Gasteiger partial charge in [-0.05, 0) is 17.2 Å². The Kier molecular flexibility index (Phi) is 8.91. The largest absolute Gasteiger partial charge is 0.485 e. The third-order valence-corrected chi connectivity index (χ3v) is 6.27. The zero-order chi connectivity index (χ0) is 24.3. The number of rotatable bonds is 12. The van der Waals surface area contributed by atoms with Gasteiger partial charge in [0.05, 0.1) is 12.4 Å². The van der Waals surface area contributed by atoms with Crippen molar-refractivity contribution in [2.45, 2.75) is 24.9 Å². The molecule has 0 spiro atoms. The van der Waals surface area contributed by atoms with Crippen molar-refractivity contribution in [3.8, 4) is 16.9 Å². The second-order valence-electron chi connectivity index (χ2n) is 7.75. The van der Waals surface area contributed by atoms with Crippen molar-refractivity contribution in [3.05, 3.63) is 96.3 Å². The summed E-state index contributed by atoms with van der Waals surface area (Å²) >= 11 is 1.35. The van der Waals surface area contributed by atoms with Gasteiger partial charge in [0.1, 0.15) is 12.4 Å². The lowest BCUT2D eigenvalue weighted by molar-refractivity contribution is -0.118. The summed E-state index contributed by atoms with van der Waals surface area (Å²) in [6.07, 6.45) is 0. The molecular formula is C27H28N4O3S. The minimum atomic E-state index is -0.0604. The summed E-state index contributed by atoms with van der Waals surface area (Å²) in [4.78, 5) is 12.4. The van der Waals surface area contributed by atoms with Crippen molar-refractivity contribution < 1.29 is 14.3 Å². The number of carbonyl (C=O) groups excluding carboxylic acids is 1. The van der Waals surface area contributed by atoms with E-state index in [9.17, 15) is 4.79 Å². The van der Waals surface area contributed by atoms with Crippen LogP contribution in [0.4, 0.5) is 0 Å². The zero-order valence-electron chi connectivity index (χ0n) is 19.6. The molecule has 0 saturated heterocycles. The molecule has 0 fully saturated rings. The molecule has 0 bridgehead atoms. The second kappa shape index (κ2) is 12.7. The van der Waals surface area contributed by atoms with Crippen molar-refractivity contribution in [2.75, 3.05) is 19.5 Å². The van der Waals surface area contributed by atoms with Crippen molar-refractivity contribution >= 4 is 17.7 Å². The lowest BCUT2D eigenvalue weighted by Gasteiger charge is -2.13.